The molecule has 2 N–H and O–H groups in total. The molecule has 2 aromatic rings. The highest BCUT2D eigenvalue weighted by atomic mass is 32.2. The molecule has 1 aliphatic rings. The van der Waals surface area contributed by atoms with E-state index in [0.29, 0.717) is 16.9 Å². The first-order valence-electron chi connectivity index (χ1n) is 8.93. The Hall–Kier alpha value is -2.71. The lowest BCUT2D eigenvalue weighted by Gasteiger charge is -2.09. The van der Waals surface area contributed by atoms with Gasteiger partial charge >= 0.3 is 0 Å². The number of benzene rings is 2. The Balaban J connectivity index is 1.65. The van der Waals surface area contributed by atoms with Crippen molar-refractivity contribution in [1.29, 1.82) is 0 Å². The van der Waals surface area contributed by atoms with Gasteiger partial charge < -0.3 is 15.4 Å². The Kier molecular flexibility index (Phi) is 6.11. The molecule has 8 heteroatoms. The van der Waals surface area contributed by atoms with Crippen molar-refractivity contribution in [2.75, 3.05) is 30.1 Å². The number of anilines is 2. The summed E-state index contributed by atoms with van der Waals surface area (Å²) < 4.78 is 29.1. The highest BCUT2D eigenvalue weighted by Gasteiger charge is 2.29. The van der Waals surface area contributed by atoms with E-state index in [9.17, 15) is 18.0 Å². The standard InChI is InChI=1S/C20H22N2O5S/c1-27-11-12-28(25,26)18-9-7-15(8-10-18)20(24)22-17-4-2-3-16(13-17)21-19(23)14-5-6-14/h2-4,7-10,13-14H,5-6,11-12H2,1H3,(H,21,23)(H,22,24). The number of sulfone groups is 1. The van der Waals surface area contributed by atoms with E-state index in [1.165, 1.54) is 31.4 Å². The highest BCUT2D eigenvalue weighted by Crippen LogP contribution is 2.30. The third-order valence-electron chi connectivity index (χ3n) is 4.37. The monoisotopic (exact) mass is 402 g/mol. The van der Waals surface area contributed by atoms with Crippen LogP contribution in [0, 0.1) is 5.92 Å². The van der Waals surface area contributed by atoms with Gasteiger partial charge in [0.25, 0.3) is 5.91 Å². The normalized spacial score (nSPS) is 13.8. The third kappa shape index (κ3) is 5.17. The van der Waals surface area contributed by atoms with Crippen molar-refractivity contribution in [2.45, 2.75) is 17.7 Å². The van der Waals surface area contributed by atoms with Crippen molar-refractivity contribution in [1.82, 2.24) is 0 Å². The summed E-state index contributed by atoms with van der Waals surface area (Å²) in [6.07, 6.45) is 1.83. The van der Waals surface area contributed by atoms with Crippen LogP contribution in [0.5, 0.6) is 0 Å². The molecule has 3 rings (SSSR count). The van der Waals surface area contributed by atoms with Crippen molar-refractivity contribution in [3.8, 4) is 0 Å². The molecule has 0 saturated heterocycles. The van der Waals surface area contributed by atoms with E-state index in [4.69, 9.17) is 4.74 Å². The smallest absolute Gasteiger partial charge is 0.255 e. The van der Waals surface area contributed by atoms with E-state index in [1.807, 2.05) is 0 Å². The Labute approximate surface area is 164 Å². The molecule has 0 radical (unpaired) electrons. The number of hydrogen-bond donors (Lipinski definition) is 2. The lowest BCUT2D eigenvalue weighted by molar-refractivity contribution is -0.117. The summed E-state index contributed by atoms with van der Waals surface area (Å²) in [4.78, 5) is 24.4. The fourth-order valence-electron chi connectivity index (χ4n) is 2.59. The van der Waals surface area contributed by atoms with Gasteiger partial charge in [-0.1, -0.05) is 6.07 Å². The first kappa shape index (κ1) is 20.0. The molecule has 2 amide bonds. The zero-order chi connectivity index (χ0) is 20.1. The van der Waals surface area contributed by atoms with Gasteiger partial charge in [-0.3, -0.25) is 9.59 Å². The van der Waals surface area contributed by atoms with Gasteiger partial charge in [0, 0.05) is 30.0 Å². The van der Waals surface area contributed by atoms with Crippen molar-refractivity contribution >= 4 is 33.0 Å². The molecule has 0 heterocycles. The molecule has 0 bridgehead atoms. The van der Waals surface area contributed by atoms with Crippen molar-refractivity contribution < 1.29 is 22.7 Å². The number of ether oxygens (including phenoxy) is 1. The van der Waals surface area contributed by atoms with Gasteiger partial charge in [-0.05, 0) is 55.3 Å². The molecule has 1 saturated carbocycles. The number of carbonyl (C=O) groups is 2. The lowest BCUT2D eigenvalue weighted by Crippen LogP contribution is -2.15. The van der Waals surface area contributed by atoms with Crippen LogP contribution in [0.4, 0.5) is 11.4 Å². The minimum atomic E-state index is -3.44. The number of amides is 2. The number of carbonyl (C=O) groups excluding carboxylic acids is 2. The SMILES string of the molecule is COCCS(=O)(=O)c1ccc(C(=O)Nc2cccc(NC(=O)C3CC3)c2)cc1. The fraction of sp³-hybridized carbons (Fsp3) is 0.300. The second kappa shape index (κ2) is 8.53. The van der Waals surface area contributed by atoms with Crippen LogP contribution < -0.4 is 10.6 Å². The van der Waals surface area contributed by atoms with Gasteiger partial charge in [-0.2, -0.15) is 0 Å². The number of methoxy groups -OCH3 is 1. The van der Waals surface area contributed by atoms with Crippen molar-refractivity contribution in [2.24, 2.45) is 5.92 Å². The number of rotatable bonds is 8. The van der Waals surface area contributed by atoms with E-state index >= 15 is 0 Å². The predicted octanol–water partition coefficient (Wildman–Crippen LogP) is 2.71. The third-order valence-corrected chi connectivity index (χ3v) is 6.06. The molecule has 0 atom stereocenters. The van der Waals surface area contributed by atoms with Crippen LogP contribution in [0.1, 0.15) is 23.2 Å². The summed E-state index contributed by atoms with van der Waals surface area (Å²) in [7, 11) is -2.00. The second-order valence-corrected chi connectivity index (χ2v) is 8.74. The molecule has 1 aliphatic carbocycles. The summed E-state index contributed by atoms with van der Waals surface area (Å²) in [5.74, 6) is -0.397. The molecule has 0 spiro atoms. The topological polar surface area (TPSA) is 102 Å². The molecule has 28 heavy (non-hydrogen) atoms. The first-order valence-corrected chi connectivity index (χ1v) is 10.6. The highest BCUT2D eigenvalue weighted by molar-refractivity contribution is 7.91. The fourth-order valence-corrected chi connectivity index (χ4v) is 3.76. The van der Waals surface area contributed by atoms with Crippen LogP contribution >= 0.6 is 0 Å². The van der Waals surface area contributed by atoms with E-state index in [1.54, 1.807) is 24.3 Å². The van der Waals surface area contributed by atoms with Crippen LogP contribution in [0.2, 0.25) is 0 Å². The molecule has 7 nitrogen and oxygen atoms in total. The summed E-state index contributed by atoms with van der Waals surface area (Å²) in [5, 5.41) is 5.58. The van der Waals surface area contributed by atoms with Gasteiger partial charge in [0.15, 0.2) is 9.84 Å². The zero-order valence-corrected chi connectivity index (χ0v) is 16.3. The molecule has 0 aliphatic heterocycles. The van der Waals surface area contributed by atoms with E-state index < -0.39 is 9.84 Å². The minimum Gasteiger partial charge on any atom is -0.384 e. The van der Waals surface area contributed by atoms with Gasteiger partial charge in [-0.25, -0.2) is 8.42 Å². The van der Waals surface area contributed by atoms with Gasteiger partial charge in [0.05, 0.1) is 17.3 Å². The average Bonchev–Trinajstić information content (AvgIpc) is 3.52. The van der Waals surface area contributed by atoms with Gasteiger partial charge in [0.1, 0.15) is 0 Å². The summed E-state index contributed by atoms with van der Waals surface area (Å²) in [5.41, 5.74) is 1.49. The van der Waals surface area contributed by atoms with E-state index in [-0.39, 0.29) is 35.0 Å². The van der Waals surface area contributed by atoms with Crippen LogP contribution in [0.15, 0.2) is 53.4 Å². The summed E-state index contributed by atoms with van der Waals surface area (Å²) in [6, 6.07) is 12.6. The average molecular weight is 402 g/mol. The minimum absolute atomic E-state index is 0.00579. The van der Waals surface area contributed by atoms with Gasteiger partial charge in [0.2, 0.25) is 5.91 Å². The Morgan fingerprint density at radius 3 is 2.29 bits per heavy atom. The Morgan fingerprint density at radius 1 is 1.04 bits per heavy atom. The maximum atomic E-state index is 12.4. The summed E-state index contributed by atoms with van der Waals surface area (Å²) in [6.45, 7) is 0.109. The van der Waals surface area contributed by atoms with Crippen LogP contribution in [-0.2, 0) is 19.4 Å². The maximum absolute atomic E-state index is 12.4. The molecule has 0 aromatic heterocycles. The van der Waals surface area contributed by atoms with E-state index in [0.717, 1.165) is 12.8 Å². The molecule has 0 unspecified atom stereocenters. The molecule has 2 aromatic carbocycles. The van der Waals surface area contributed by atoms with Crippen LogP contribution in [-0.4, -0.2) is 39.7 Å². The molecular weight excluding hydrogens is 380 g/mol. The number of nitrogens with one attached hydrogen (secondary N) is 2. The van der Waals surface area contributed by atoms with Gasteiger partial charge in [-0.15, -0.1) is 0 Å². The molecule has 1 fully saturated rings. The molecular formula is C20H22N2O5S. The first-order chi connectivity index (χ1) is 13.4. The van der Waals surface area contributed by atoms with E-state index in [2.05, 4.69) is 10.6 Å². The Morgan fingerprint density at radius 2 is 1.68 bits per heavy atom. The van der Waals surface area contributed by atoms with Crippen molar-refractivity contribution in [3.05, 3.63) is 54.1 Å². The maximum Gasteiger partial charge on any atom is 0.255 e. The Bertz CT molecular complexity index is 966. The number of hydrogen-bond acceptors (Lipinski definition) is 5. The van der Waals surface area contributed by atoms with Crippen LogP contribution in [0.25, 0.3) is 0 Å². The predicted molar refractivity (Wildman–Crippen MR) is 106 cm³/mol. The van der Waals surface area contributed by atoms with Crippen LogP contribution in [0.3, 0.4) is 0 Å². The molecule has 148 valence electrons. The second-order valence-electron chi connectivity index (χ2n) is 6.63. The lowest BCUT2D eigenvalue weighted by atomic mass is 10.2. The zero-order valence-electron chi connectivity index (χ0n) is 15.5. The summed E-state index contributed by atoms with van der Waals surface area (Å²) >= 11 is 0. The van der Waals surface area contributed by atoms with Crippen molar-refractivity contribution in [3.63, 3.8) is 0 Å². The largest absolute Gasteiger partial charge is 0.384 e. The quantitative estimate of drug-likeness (QED) is 0.707.